The van der Waals surface area contributed by atoms with Gasteiger partial charge in [0.2, 0.25) is 0 Å². The Labute approximate surface area is 73.7 Å². The van der Waals surface area contributed by atoms with Crippen molar-refractivity contribution in [2.24, 2.45) is 11.8 Å². The zero-order valence-corrected chi connectivity index (χ0v) is 7.29. The first-order chi connectivity index (χ1) is 5.93. The van der Waals surface area contributed by atoms with E-state index in [1.165, 1.54) is 31.3 Å². The van der Waals surface area contributed by atoms with E-state index < -0.39 is 0 Å². The monoisotopic (exact) mass is 158 g/mol. The molecule has 0 aromatic rings. The molecule has 0 heterocycles. The molecule has 0 nitrogen and oxygen atoms in total. The van der Waals surface area contributed by atoms with Crippen molar-refractivity contribution in [2.75, 3.05) is 0 Å². The van der Waals surface area contributed by atoms with Crippen LogP contribution in [0.3, 0.4) is 0 Å². The van der Waals surface area contributed by atoms with Crippen LogP contribution in [0.2, 0.25) is 0 Å². The Morgan fingerprint density at radius 3 is 2.50 bits per heavy atom. The van der Waals surface area contributed by atoms with E-state index in [1.54, 1.807) is 5.57 Å². The molecule has 2 atom stereocenters. The molecule has 2 bridgehead atoms. The van der Waals surface area contributed by atoms with Crippen LogP contribution in [0, 0.1) is 11.8 Å². The molecule has 3 aliphatic carbocycles. The molecule has 0 heteroatoms. The Balaban J connectivity index is 1.99. The first-order valence-electron chi connectivity index (χ1n) is 5.01. The smallest absolute Gasteiger partial charge is 0.0191 e. The third-order valence-electron chi connectivity index (χ3n) is 3.58. The molecule has 12 heavy (non-hydrogen) atoms. The molecule has 0 saturated heterocycles. The van der Waals surface area contributed by atoms with Gasteiger partial charge in [-0.1, -0.05) is 29.9 Å². The molecule has 0 N–H and O–H groups in total. The van der Waals surface area contributed by atoms with Crippen LogP contribution in [-0.4, -0.2) is 0 Å². The van der Waals surface area contributed by atoms with Gasteiger partial charge in [-0.05, 0) is 43.1 Å². The fourth-order valence-corrected chi connectivity index (χ4v) is 3.00. The first-order valence-corrected chi connectivity index (χ1v) is 5.01. The van der Waals surface area contributed by atoms with Gasteiger partial charge in [0.05, 0.1) is 0 Å². The fraction of sp³-hybridized carbons (Fsp3) is 0.500. The summed E-state index contributed by atoms with van der Waals surface area (Å²) in [6.07, 6.45) is 14.7. The van der Waals surface area contributed by atoms with Gasteiger partial charge in [0, 0.05) is 0 Å². The van der Waals surface area contributed by atoms with Crippen LogP contribution in [0.5, 0.6) is 0 Å². The highest BCUT2D eigenvalue weighted by molar-refractivity contribution is 5.45. The van der Waals surface area contributed by atoms with Crippen LogP contribution in [0.15, 0.2) is 35.5 Å². The summed E-state index contributed by atoms with van der Waals surface area (Å²) in [5, 5.41) is 0. The summed E-state index contributed by atoms with van der Waals surface area (Å²) >= 11 is 0. The largest absolute Gasteiger partial charge is 0.0617 e. The van der Waals surface area contributed by atoms with E-state index in [2.05, 4.69) is 24.3 Å². The van der Waals surface area contributed by atoms with Gasteiger partial charge in [0.25, 0.3) is 0 Å². The first kappa shape index (κ1) is 6.71. The molecule has 0 amide bonds. The van der Waals surface area contributed by atoms with Gasteiger partial charge >= 0.3 is 0 Å². The van der Waals surface area contributed by atoms with E-state index in [1.807, 2.05) is 0 Å². The molecule has 0 radical (unpaired) electrons. The zero-order chi connectivity index (χ0) is 7.97. The predicted octanol–water partition coefficient (Wildman–Crippen LogP) is 3.23. The molecule has 0 aromatic heterocycles. The molecule has 3 aliphatic rings. The van der Waals surface area contributed by atoms with E-state index in [0.717, 1.165) is 11.8 Å². The van der Waals surface area contributed by atoms with E-state index in [4.69, 9.17) is 0 Å². The topological polar surface area (TPSA) is 0 Å². The second kappa shape index (κ2) is 2.35. The van der Waals surface area contributed by atoms with E-state index in [9.17, 15) is 0 Å². The average Bonchev–Trinajstić information content (AvgIpc) is 2.81. The van der Waals surface area contributed by atoms with Gasteiger partial charge in [-0.2, -0.15) is 0 Å². The van der Waals surface area contributed by atoms with Crippen molar-refractivity contribution in [3.05, 3.63) is 35.5 Å². The highest BCUT2D eigenvalue weighted by Gasteiger charge is 2.36. The minimum absolute atomic E-state index is 0.956. The Morgan fingerprint density at radius 2 is 1.92 bits per heavy atom. The summed E-state index contributed by atoms with van der Waals surface area (Å²) in [5.74, 6) is 2.00. The van der Waals surface area contributed by atoms with Crippen molar-refractivity contribution < 1.29 is 0 Å². The maximum atomic E-state index is 2.27. The van der Waals surface area contributed by atoms with Gasteiger partial charge in [-0.15, -0.1) is 0 Å². The Bertz CT molecular complexity index is 277. The minimum Gasteiger partial charge on any atom is -0.0617 e. The summed E-state index contributed by atoms with van der Waals surface area (Å²) in [7, 11) is 0. The van der Waals surface area contributed by atoms with Crippen LogP contribution in [-0.2, 0) is 0 Å². The lowest BCUT2D eigenvalue weighted by atomic mass is 9.91. The van der Waals surface area contributed by atoms with Gasteiger partial charge in [-0.3, -0.25) is 0 Å². The molecular weight excluding hydrogens is 144 g/mol. The molecule has 0 aromatic carbocycles. The van der Waals surface area contributed by atoms with Crippen molar-refractivity contribution in [1.29, 1.82) is 0 Å². The van der Waals surface area contributed by atoms with Crippen molar-refractivity contribution in [1.82, 2.24) is 0 Å². The van der Waals surface area contributed by atoms with Crippen molar-refractivity contribution >= 4 is 0 Å². The quantitative estimate of drug-likeness (QED) is 0.507. The number of hydrogen-bond acceptors (Lipinski definition) is 0. The van der Waals surface area contributed by atoms with Gasteiger partial charge in [0.1, 0.15) is 0 Å². The van der Waals surface area contributed by atoms with E-state index in [-0.39, 0.29) is 0 Å². The minimum atomic E-state index is 0.956. The van der Waals surface area contributed by atoms with Crippen molar-refractivity contribution in [3.63, 3.8) is 0 Å². The maximum Gasteiger partial charge on any atom is -0.0191 e. The lowest BCUT2D eigenvalue weighted by Crippen LogP contribution is -1.99. The lowest BCUT2D eigenvalue weighted by Gasteiger charge is -2.14. The van der Waals surface area contributed by atoms with E-state index >= 15 is 0 Å². The number of hydrogen-bond donors (Lipinski definition) is 0. The summed E-state index contributed by atoms with van der Waals surface area (Å²) in [6.45, 7) is 0. The second-order valence-electron chi connectivity index (χ2n) is 4.28. The van der Waals surface area contributed by atoms with Crippen molar-refractivity contribution in [2.45, 2.75) is 25.7 Å². The number of rotatable bonds is 0. The van der Waals surface area contributed by atoms with Crippen LogP contribution in [0.1, 0.15) is 25.7 Å². The van der Waals surface area contributed by atoms with Crippen LogP contribution < -0.4 is 0 Å². The third-order valence-corrected chi connectivity index (χ3v) is 3.58. The summed E-state index contributed by atoms with van der Waals surface area (Å²) in [4.78, 5) is 0. The lowest BCUT2D eigenvalue weighted by molar-refractivity contribution is 0.559. The summed E-state index contributed by atoms with van der Waals surface area (Å²) < 4.78 is 0. The van der Waals surface area contributed by atoms with Crippen LogP contribution in [0.4, 0.5) is 0 Å². The third kappa shape index (κ3) is 0.841. The molecule has 2 saturated carbocycles. The Hall–Kier alpha value is -0.780. The maximum absolute atomic E-state index is 2.27. The highest BCUT2D eigenvalue weighted by atomic mass is 14.4. The average molecular weight is 158 g/mol. The molecular formula is C12H14. The van der Waals surface area contributed by atoms with Crippen LogP contribution >= 0.6 is 0 Å². The molecule has 2 fully saturated rings. The second-order valence-corrected chi connectivity index (χ2v) is 4.28. The standard InChI is InChI=1S/C12H14/c1-2-4-10(3-1)12-8-9-5-6-11(12)7-9/h1-4,9,11H,5-8H2. The normalized spacial score (nSPS) is 37.3. The van der Waals surface area contributed by atoms with Crippen molar-refractivity contribution in [3.8, 4) is 0 Å². The predicted molar refractivity (Wildman–Crippen MR) is 50.8 cm³/mol. The Kier molecular flexibility index (Phi) is 1.31. The molecule has 62 valence electrons. The van der Waals surface area contributed by atoms with Crippen LogP contribution in [0.25, 0.3) is 0 Å². The number of fused-ring (bicyclic) bond motifs is 2. The van der Waals surface area contributed by atoms with Gasteiger partial charge in [0.15, 0.2) is 0 Å². The highest BCUT2D eigenvalue weighted by Crippen LogP contribution is 2.49. The Morgan fingerprint density at radius 1 is 1.08 bits per heavy atom. The zero-order valence-electron chi connectivity index (χ0n) is 7.29. The molecule has 0 spiro atoms. The van der Waals surface area contributed by atoms with Gasteiger partial charge in [-0.25, -0.2) is 0 Å². The SMILES string of the molecule is C1=CC(=C2CC3CCC2C3)C=C1. The van der Waals surface area contributed by atoms with E-state index in [0.29, 0.717) is 0 Å². The summed E-state index contributed by atoms with van der Waals surface area (Å²) in [5.41, 5.74) is 3.29. The fourth-order valence-electron chi connectivity index (χ4n) is 3.00. The molecule has 0 aliphatic heterocycles. The number of allylic oxidation sites excluding steroid dienone is 6. The van der Waals surface area contributed by atoms with Gasteiger partial charge < -0.3 is 0 Å². The molecule has 2 unspecified atom stereocenters. The summed E-state index contributed by atoms with van der Waals surface area (Å²) in [6, 6.07) is 0. The molecule has 3 rings (SSSR count).